The standard InChI is InChI=1S/C11H12BrN5O/c12-9-2-1-7(13)5-8(9)11(18)14-4-3-10-15-6-16-17-10/h1-2,5-6H,3-4,13H2,(H,14,18)(H,15,16,17). The maximum Gasteiger partial charge on any atom is 0.252 e. The van der Waals surface area contributed by atoms with Crippen LogP contribution in [0.15, 0.2) is 29.0 Å². The van der Waals surface area contributed by atoms with Crippen LogP contribution < -0.4 is 11.1 Å². The van der Waals surface area contributed by atoms with E-state index in [1.165, 1.54) is 6.33 Å². The molecule has 0 radical (unpaired) electrons. The Balaban J connectivity index is 1.93. The van der Waals surface area contributed by atoms with Gasteiger partial charge in [-0.15, -0.1) is 0 Å². The number of nitrogens with zero attached hydrogens (tertiary/aromatic N) is 2. The topological polar surface area (TPSA) is 96.7 Å². The van der Waals surface area contributed by atoms with E-state index in [2.05, 4.69) is 36.4 Å². The van der Waals surface area contributed by atoms with Crippen LogP contribution >= 0.6 is 15.9 Å². The molecule has 1 amide bonds. The van der Waals surface area contributed by atoms with Gasteiger partial charge in [-0.1, -0.05) is 0 Å². The van der Waals surface area contributed by atoms with Crippen LogP contribution in [0.2, 0.25) is 0 Å². The monoisotopic (exact) mass is 309 g/mol. The number of carbonyl (C=O) groups excluding carboxylic acids is 1. The molecule has 94 valence electrons. The largest absolute Gasteiger partial charge is 0.399 e. The molecule has 6 nitrogen and oxygen atoms in total. The van der Waals surface area contributed by atoms with Gasteiger partial charge in [-0.3, -0.25) is 9.89 Å². The summed E-state index contributed by atoms with van der Waals surface area (Å²) in [5, 5.41) is 9.25. The van der Waals surface area contributed by atoms with Crippen molar-refractivity contribution in [1.82, 2.24) is 20.5 Å². The van der Waals surface area contributed by atoms with Crippen LogP contribution in [-0.4, -0.2) is 27.6 Å². The molecule has 0 aliphatic heterocycles. The van der Waals surface area contributed by atoms with Gasteiger partial charge in [0.2, 0.25) is 0 Å². The second-order valence-corrected chi connectivity index (χ2v) is 4.53. The number of hydrogen-bond donors (Lipinski definition) is 3. The van der Waals surface area contributed by atoms with Crippen molar-refractivity contribution < 1.29 is 4.79 Å². The number of amides is 1. The van der Waals surface area contributed by atoms with Crippen molar-refractivity contribution in [1.29, 1.82) is 0 Å². The third-order valence-corrected chi connectivity index (χ3v) is 3.04. The van der Waals surface area contributed by atoms with Crippen LogP contribution in [0.1, 0.15) is 16.2 Å². The average molecular weight is 310 g/mol. The van der Waals surface area contributed by atoms with Gasteiger partial charge in [-0.25, -0.2) is 4.98 Å². The maximum atomic E-state index is 11.9. The van der Waals surface area contributed by atoms with E-state index in [4.69, 9.17) is 5.73 Å². The van der Waals surface area contributed by atoms with Gasteiger partial charge in [0, 0.05) is 23.1 Å². The van der Waals surface area contributed by atoms with Gasteiger partial charge in [-0.05, 0) is 34.1 Å². The van der Waals surface area contributed by atoms with Crippen LogP contribution in [-0.2, 0) is 6.42 Å². The van der Waals surface area contributed by atoms with Crippen molar-refractivity contribution in [3.8, 4) is 0 Å². The summed E-state index contributed by atoms with van der Waals surface area (Å²) in [7, 11) is 0. The molecule has 4 N–H and O–H groups in total. The summed E-state index contributed by atoms with van der Waals surface area (Å²) in [6, 6.07) is 5.12. The number of anilines is 1. The molecule has 0 fully saturated rings. The fourth-order valence-electron chi connectivity index (χ4n) is 1.46. The molecule has 0 aliphatic carbocycles. The van der Waals surface area contributed by atoms with Gasteiger partial charge in [0.05, 0.1) is 5.56 Å². The molecule has 0 saturated heterocycles. The lowest BCUT2D eigenvalue weighted by Crippen LogP contribution is -2.26. The normalized spacial score (nSPS) is 10.3. The number of nitrogens with one attached hydrogen (secondary N) is 2. The molecule has 2 rings (SSSR count). The van der Waals surface area contributed by atoms with Crippen molar-refractivity contribution in [2.45, 2.75) is 6.42 Å². The second-order valence-electron chi connectivity index (χ2n) is 3.68. The molecule has 1 heterocycles. The lowest BCUT2D eigenvalue weighted by molar-refractivity contribution is 0.0953. The van der Waals surface area contributed by atoms with E-state index >= 15 is 0 Å². The molecule has 2 aromatic rings. The van der Waals surface area contributed by atoms with Gasteiger partial charge >= 0.3 is 0 Å². The molecule has 1 aromatic heterocycles. The third-order valence-electron chi connectivity index (χ3n) is 2.35. The SMILES string of the molecule is Nc1ccc(Br)c(C(=O)NCCc2ncn[nH]2)c1. The molecule has 0 saturated carbocycles. The minimum atomic E-state index is -0.173. The van der Waals surface area contributed by atoms with Crippen LogP contribution in [0.4, 0.5) is 5.69 Å². The lowest BCUT2D eigenvalue weighted by Gasteiger charge is -2.06. The molecule has 0 spiro atoms. The second kappa shape index (κ2) is 5.63. The van der Waals surface area contributed by atoms with Crippen LogP contribution in [0.25, 0.3) is 0 Å². The summed E-state index contributed by atoms with van der Waals surface area (Å²) in [6.07, 6.45) is 2.04. The molecular formula is C11H12BrN5O. The average Bonchev–Trinajstić information content (AvgIpc) is 2.85. The van der Waals surface area contributed by atoms with E-state index in [1.807, 2.05) is 0 Å². The quantitative estimate of drug-likeness (QED) is 0.737. The van der Waals surface area contributed by atoms with E-state index in [0.717, 1.165) is 5.82 Å². The van der Waals surface area contributed by atoms with E-state index in [1.54, 1.807) is 18.2 Å². The van der Waals surface area contributed by atoms with Crippen LogP contribution in [0, 0.1) is 0 Å². The lowest BCUT2D eigenvalue weighted by atomic mass is 10.2. The summed E-state index contributed by atoms with van der Waals surface area (Å²) in [5.74, 6) is 0.565. The number of aromatic amines is 1. The zero-order valence-electron chi connectivity index (χ0n) is 9.48. The molecule has 0 aliphatic rings. The summed E-state index contributed by atoms with van der Waals surface area (Å²) < 4.78 is 0.717. The number of halogens is 1. The minimum absolute atomic E-state index is 0.173. The zero-order valence-corrected chi connectivity index (χ0v) is 11.1. The Labute approximate surface area is 112 Å². The van der Waals surface area contributed by atoms with Crippen molar-refractivity contribution in [2.24, 2.45) is 0 Å². The molecule has 18 heavy (non-hydrogen) atoms. The molecule has 0 atom stereocenters. The highest BCUT2D eigenvalue weighted by molar-refractivity contribution is 9.10. The Bertz CT molecular complexity index is 540. The van der Waals surface area contributed by atoms with Crippen molar-refractivity contribution >= 4 is 27.5 Å². The Hall–Kier alpha value is -1.89. The zero-order chi connectivity index (χ0) is 13.0. The van der Waals surface area contributed by atoms with Crippen LogP contribution in [0.5, 0.6) is 0 Å². The van der Waals surface area contributed by atoms with Gasteiger partial charge < -0.3 is 11.1 Å². The van der Waals surface area contributed by atoms with Crippen LogP contribution in [0.3, 0.4) is 0 Å². The molecule has 7 heteroatoms. The Kier molecular flexibility index (Phi) is 3.93. The fraction of sp³-hybridized carbons (Fsp3) is 0.182. The number of carbonyl (C=O) groups is 1. The predicted octanol–water partition coefficient (Wildman–Crippen LogP) is 1.12. The smallest absolute Gasteiger partial charge is 0.252 e. The first kappa shape index (κ1) is 12.6. The number of H-pyrrole nitrogens is 1. The summed E-state index contributed by atoms with van der Waals surface area (Å²) in [4.78, 5) is 15.9. The Morgan fingerprint density at radius 1 is 1.50 bits per heavy atom. The summed E-state index contributed by atoms with van der Waals surface area (Å²) in [6.45, 7) is 0.481. The molecule has 0 unspecified atom stereocenters. The fourth-order valence-corrected chi connectivity index (χ4v) is 1.88. The number of nitrogens with two attached hydrogens (primary N) is 1. The van der Waals surface area contributed by atoms with E-state index < -0.39 is 0 Å². The third kappa shape index (κ3) is 3.07. The van der Waals surface area contributed by atoms with E-state index in [0.29, 0.717) is 28.7 Å². The number of aromatic nitrogens is 3. The maximum absolute atomic E-state index is 11.9. The van der Waals surface area contributed by atoms with Crippen molar-refractivity contribution in [3.05, 3.63) is 40.4 Å². The Morgan fingerprint density at radius 2 is 2.33 bits per heavy atom. The minimum Gasteiger partial charge on any atom is -0.399 e. The first-order valence-corrected chi connectivity index (χ1v) is 6.13. The summed E-state index contributed by atoms with van der Waals surface area (Å²) >= 11 is 3.32. The van der Waals surface area contributed by atoms with Crippen molar-refractivity contribution in [3.63, 3.8) is 0 Å². The van der Waals surface area contributed by atoms with Gasteiger partial charge in [0.25, 0.3) is 5.91 Å². The molecular weight excluding hydrogens is 298 g/mol. The number of nitrogen functional groups attached to an aromatic ring is 1. The van der Waals surface area contributed by atoms with E-state index in [9.17, 15) is 4.79 Å². The first-order chi connectivity index (χ1) is 8.66. The number of hydrogen-bond acceptors (Lipinski definition) is 4. The highest BCUT2D eigenvalue weighted by Crippen LogP contribution is 2.19. The van der Waals surface area contributed by atoms with Gasteiger partial charge in [0.1, 0.15) is 12.2 Å². The Morgan fingerprint density at radius 3 is 3.06 bits per heavy atom. The van der Waals surface area contributed by atoms with Crippen molar-refractivity contribution in [2.75, 3.05) is 12.3 Å². The number of rotatable bonds is 4. The van der Waals surface area contributed by atoms with Gasteiger partial charge in [-0.2, -0.15) is 5.10 Å². The first-order valence-electron chi connectivity index (χ1n) is 5.34. The molecule has 1 aromatic carbocycles. The number of benzene rings is 1. The highest BCUT2D eigenvalue weighted by Gasteiger charge is 2.09. The predicted molar refractivity (Wildman–Crippen MR) is 71.0 cm³/mol. The van der Waals surface area contributed by atoms with E-state index in [-0.39, 0.29) is 5.91 Å². The molecule has 0 bridgehead atoms. The highest BCUT2D eigenvalue weighted by atomic mass is 79.9. The summed E-state index contributed by atoms with van der Waals surface area (Å²) in [5.41, 5.74) is 6.72. The van der Waals surface area contributed by atoms with Gasteiger partial charge in [0.15, 0.2) is 0 Å².